The standard InChI is InChI=1S/C8H7BrF2OS/c1-13-8-5(9)2-4(3-12)6(10)7(8)11/h2,12H,3H2,1H3. The molecule has 1 nitrogen and oxygen atoms in total. The van der Waals surface area contributed by atoms with E-state index >= 15 is 0 Å². The summed E-state index contributed by atoms with van der Waals surface area (Å²) in [6, 6.07) is 1.38. The Balaban J connectivity index is 3.37. The van der Waals surface area contributed by atoms with Gasteiger partial charge >= 0.3 is 0 Å². The molecule has 0 radical (unpaired) electrons. The van der Waals surface area contributed by atoms with Crippen LogP contribution in [0.5, 0.6) is 0 Å². The normalized spacial score (nSPS) is 10.5. The molecule has 13 heavy (non-hydrogen) atoms. The van der Waals surface area contributed by atoms with E-state index in [1.807, 2.05) is 0 Å². The van der Waals surface area contributed by atoms with Crippen LogP contribution in [0.1, 0.15) is 5.56 Å². The van der Waals surface area contributed by atoms with Crippen LogP contribution in [0.15, 0.2) is 15.4 Å². The van der Waals surface area contributed by atoms with Gasteiger partial charge < -0.3 is 5.11 Å². The molecular formula is C8H7BrF2OS. The zero-order chi connectivity index (χ0) is 10.0. The molecule has 5 heteroatoms. The zero-order valence-corrected chi connectivity index (χ0v) is 9.18. The van der Waals surface area contributed by atoms with Gasteiger partial charge in [0.1, 0.15) is 0 Å². The van der Waals surface area contributed by atoms with Gasteiger partial charge in [-0.2, -0.15) is 0 Å². The van der Waals surface area contributed by atoms with Crippen molar-refractivity contribution in [1.82, 2.24) is 0 Å². The fourth-order valence-electron chi connectivity index (χ4n) is 0.930. The fraction of sp³-hybridized carbons (Fsp3) is 0.250. The molecule has 0 bridgehead atoms. The Kier molecular flexibility index (Phi) is 3.70. The van der Waals surface area contributed by atoms with Gasteiger partial charge in [-0.3, -0.25) is 0 Å². The number of halogens is 3. The van der Waals surface area contributed by atoms with Crippen molar-refractivity contribution in [2.24, 2.45) is 0 Å². The first-order chi connectivity index (χ1) is 6.11. The third-order valence-electron chi connectivity index (χ3n) is 1.57. The average Bonchev–Trinajstić information content (AvgIpc) is 2.12. The molecule has 0 fully saturated rings. The molecular weight excluding hydrogens is 262 g/mol. The van der Waals surface area contributed by atoms with Crippen molar-refractivity contribution in [3.8, 4) is 0 Å². The number of aliphatic hydroxyl groups is 1. The SMILES string of the molecule is CSc1c(Br)cc(CO)c(F)c1F. The number of rotatable bonds is 2. The second-order valence-corrected chi connectivity index (χ2v) is 4.01. The van der Waals surface area contributed by atoms with E-state index in [1.165, 1.54) is 6.07 Å². The molecule has 0 atom stereocenters. The first-order valence-electron chi connectivity index (χ1n) is 3.43. The summed E-state index contributed by atoms with van der Waals surface area (Å²) in [6.07, 6.45) is 1.65. The van der Waals surface area contributed by atoms with E-state index in [1.54, 1.807) is 6.26 Å². The molecule has 1 rings (SSSR count). The Morgan fingerprint density at radius 3 is 2.54 bits per heavy atom. The highest BCUT2D eigenvalue weighted by molar-refractivity contribution is 9.10. The van der Waals surface area contributed by atoms with Crippen LogP contribution in [0.3, 0.4) is 0 Å². The van der Waals surface area contributed by atoms with Crippen molar-refractivity contribution in [1.29, 1.82) is 0 Å². The van der Waals surface area contributed by atoms with Crippen LogP contribution in [-0.2, 0) is 6.61 Å². The van der Waals surface area contributed by atoms with Crippen molar-refractivity contribution in [2.45, 2.75) is 11.5 Å². The van der Waals surface area contributed by atoms with E-state index in [9.17, 15) is 8.78 Å². The molecule has 0 aromatic heterocycles. The van der Waals surface area contributed by atoms with Gasteiger partial charge in [0, 0.05) is 10.0 Å². The van der Waals surface area contributed by atoms with E-state index in [-0.39, 0.29) is 10.5 Å². The third kappa shape index (κ3) is 2.03. The van der Waals surface area contributed by atoms with Gasteiger partial charge in [-0.25, -0.2) is 8.78 Å². The van der Waals surface area contributed by atoms with Crippen LogP contribution in [0, 0.1) is 11.6 Å². The van der Waals surface area contributed by atoms with E-state index in [0.29, 0.717) is 4.47 Å². The molecule has 0 saturated carbocycles. The lowest BCUT2D eigenvalue weighted by Crippen LogP contribution is -1.97. The van der Waals surface area contributed by atoms with Crippen molar-refractivity contribution in [2.75, 3.05) is 6.26 Å². The van der Waals surface area contributed by atoms with E-state index in [4.69, 9.17) is 5.11 Å². The first-order valence-corrected chi connectivity index (χ1v) is 5.44. The molecule has 1 aromatic carbocycles. The molecule has 0 heterocycles. The number of benzene rings is 1. The van der Waals surface area contributed by atoms with Gasteiger partial charge in [0.25, 0.3) is 0 Å². The molecule has 0 unspecified atom stereocenters. The lowest BCUT2D eigenvalue weighted by atomic mass is 10.2. The van der Waals surface area contributed by atoms with Crippen LogP contribution < -0.4 is 0 Å². The third-order valence-corrected chi connectivity index (χ3v) is 3.26. The molecule has 0 spiro atoms. The summed E-state index contributed by atoms with van der Waals surface area (Å²) in [4.78, 5) is 0.217. The predicted octanol–water partition coefficient (Wildman–Crippen LogP) is 2.94. The minimum absolute atomic E-state index is 0.0397. The van der Waals surface area contributed by atoms with Gasteiger partial charge in [-0.15, -0.1) is 11.8 Å². The van der Waals surface area contributed by atoms with Crippen molar-refractivity contribution in [3.63, 3.8) is 0 Å². The maximum Gasteiger partial charge on any atom is 0.173 e. The zero-order valence-electron chi connectivity index (χ0n) is 6.77. The highest BCUT2D eigenvalue weighted by Gasteiger charge is 2.15. The highest BCUT2D eigenvalue weighted by Crippen LogP contribution is 2.31. The van der Waals surface area contributed by atoms with Crippen molar-refractivity contribution >= 4 is 27.7 Å². The number of aliphatic hydroxyl groups excluding tert-OH is 1. The van der Waals surface area contributed by atoms with Crippen molar-refractivity contribution < 1.29 is 13.9 Å². The van der Waals surface area contributed by atoms with Gasteiger partial charge in [-0.05, 0) is 28.3 Å². The summed E-state index contributed by atoms with van der Waals surface area (Å²) in [7, 11) is 0. The van der Waals surface area contributed by atoms with Gasteiger partial charge in [0.05, 0.1) is 11.5 Å². The average molecular weight is 269 g/mol. The Morgan fingerprint density at radius 2 is 2.08 bits per heavy atom. The maximum absolute atomic E-state index is 13.2. The number of hydrogen-bond donors (Lipinski definition) is 1. The summed E-state index contributed by atoms with van der Waals surface area (Å²) in [6.45, 7) is -0.504. The van der Waals surface area contributed by atoms with E-state index in [0.717, 1.165) is 11.8 Å². The lowest BCUT2D eigenvalue weighted by molar-refractivity contribution is 0.272. The van der Waals surface area contributed by atoms with Crippen LogP contribution in [0.4, 0.5) is 8.78 Å². The van der Waals surface area contributed by atoms with Crippen LogP contribution in [0.25, 0.3) is 0 Å². The summed E-state index contributed by atoms with van der Waals surface area (Å²) < 4.78 is 26.7. The summed E-state index contributed by atoms with van der Waals surface area (Å²) in [5.41, 5.74) is -0.0397. The molecule has 0 aliphatic rings. The van der Waals surface area contributed by atoms with Crippen LogP contribution in [0.2, 0.25) is 0 Å². The minimum atomic E-state index is -0.977. The molecule has 0 amide bonds. The second-order valence-electron chi connectivity index (χ2n) is 2.34. The largest absolute Gasteiger partial charge is 0.392 e. The van der Waals surface area contributed by atoms with E-state index < -0.39 is 18.2 Å². The van der Waals surface area contributed by atoms with Crippen LogP contribution in [-0.4, -0.2) is 11.4 Å². The van der Waals surface area contributed by atoms with Gasteiger partial charge in [-0.1, -0.05) is 0 Å². The minimum Gasteiger partial charge on any atom is -0.392 e. The molecule has 0 aliphatic carbocycles. The van der Waals surface area contributed by atoms with Gasteiger partial charge in [0.15, 0.2) is 11.6 Å². The van der Waals surface area contributed by atoms with Gasteiger partial charge in [0.2, 0.25) is 0 Å². The number of thioether (sulfide) groups is 1. The molecule has 72 valence electrons. The maximum atomic E-state index is 13.2. The topological polar surface area (TPSA) is 20.2 Å². The Labute approximate surface area is 87.3 Å². The highest BCUT2D eigenvalue weighted by atomic mass is 79.9. The Morgan fingerprint density at radius 1 is 1.46 bits per heavy atom. The monoisotopic (exact) mass is 268 g/mol. The van der Waals surface area contributed by atoms with Crippen LogP contribution >= 0.6 is 27.7 Å². The lowest BCUT2D eigenvalue weighted by Gasteiger charge is -2.06. The Bertz CT molecular complexity index is 330. The fourth-order valence-corrected chi connectivity index (χ4v) is 2.39. The summed E-state index contributed by atoms with van der Waals surface area (Å²) in [5, 5.41) is 8.70. The van der Waals surface area contributed by atoms with Crippen molar-refractivity contribution in [3.05, 3.63) is 27.7 Å². The summed E-state index contributed by atoms with van der Waals surface area (Å²) in [5.74, 6) is -1.89. The summed E-state index contributed by atoms with van der Waals surface area (Å²) >= 11 is 4.21. The first kappa shape index (κ1) is 10.9. The van der Waals surface area contributed by atoms with E-state index in [2.05, 4.69) is 15.9 Å². The second kappa shape index (κ2) is 4.39. The molecule has 0 saturated heterocycles. The Hall–Kier alpha value is -0.130. The molecule has 1 aromatic rings. The predicted molar refractivity (Wildman–Crippen MR) is 51.8 cm³/mol. The molecule has 1 N–H and O–H groups in total. The number of hydrogen-bond acceptors (Lipinski definition) is 2. The smallest absolute Gasteiger partial charge is 0.173 e. The quantitative estimate of drug-likeness (QED) is 0.658. The molecule has 0 aliphatic heterocycles.